The Hall–Kier alpha value is -1.26. The molecular formula is C10H12ClNO3. The smallest absolute Gasteiger partial charge is 0.405 e. The van der Waals surface area contributed by atoms with Crippen molar-refractivity contribution in [1.29, 1.82) is 0 Å². The van der Waals surface area contributed by atoms with Crippen LogP contribution in [0.15, 0.2) is 24.3 Å². The Morgan fingerprint density at radius 3 is 2.53 bits per heavy atom. The van der Waals surface area contributed by atoms with Crippen LogP contribution in [0.4, 0.5) is 4.79 Å². The minimum absolute atomic E-state index is 0.428. The summed E-state index contributed by atoms with van der Waals surface area (Å²) in [6.07, 6.45) is -2.04. The Kier molecular flexibility index (Phi) is 3.94. The first-order valence-corrected chi connectivity index (χ1v) is 4.82. The molecule has 0 aliphatic heterocycles. The van der Waals surface area contributed by atoms with Crippen LogP contribution in [-0.4, -0.2) is 22.4 Å². The van der Waals surface area contributed by atoms with Crippen molar-refractivity contribution in [2.45, 2.75) is 19.1 Å². The van der Waals surface area contributed by atoms with Gasteiger partial charge in [-0.3, -0.25) is 0 Å². The quantitative estimate of drug-likeness (QED) is 0.743. The number of rotatable bonds is 3. The largest absolute Gasteiger partial charge is 0.465 e. The van der Waals surface area contributed by atoms with Gasteiger partial charge in [-0.1, -0.05) is 29.8 Å². The molecule has 5 heteroatoms. The molecule has 4 nitrogen and oxygen atoms in total. The zero-order chi connectivity index (χ0) is 11.4. The van der Waals surface area contributed by atoms with Gasteiger partial charge in [0.2, 0.25) is 0 Å². The first kappa shape index (κ1) is 11.8. The molecule has 0 radical (unpaired) electrons. The highest BCUT2D eigenvalue weighted by Gasteiger charge is 2.21. The van der Waals surface area contributed by atoms with Crippen LogP contribution in [0.25, 0.3) is 0 Å². The second-order valence-corrected chi connectivity index (χ2v) is 3.60. The Morgan fingerprint density at radius 2 is 2.07 bits per heavy atom. The fraction of sp³-hybridized carbons (Fsp3) is 0.300. The van der Waals surface area contributed by atoms with E-state index in [1.54, 1.807) is 24.3 Å². The second-order valence-electron chi connectivity index (χ2n) is 3.19. The molecule has 15 heavy (non-hydrogen) atoms. The fourth-order valence-corrected chi connectivity index (χ4v) is 1.57. The molecule has 3 N–H and O–H groups in total. The second kappa shape index (κ2) is 5.00. The Labute approximate surface area is 92.5 Å². The molecular weight excluding hydrogens is 218 g/mol. The standard InChI is InChI=1S/C10H12ClNO3/c1-6(13)9(12-10(14)15)7-4-2-3-5-8(7)11/h2-6,9,12-13H,1H3,(H,14,15)/t6-,9+/m1/s1. The molecule has 0 saturated carbocycles. The highest BCUT2D eigenvalue weighted by Crippen LogP contribution is 2.24. The van der Waals surface area contributed by atoms with E-state index in [1.807, 2.05) is 0 Å². The number of hydrogen-bond acceptors (Lipinski definition) is 2. The van der Waals surface area contributed by atoms with Gasteiger partial charge in [-0.25, -0.2) is 4.79 Å². The van der Waals surface area contributed by atoms with Crippen LogP contribution in [-0.2, 0) is 0 Å². The van der Waals surface area contributed by atoms with Crippen LogP contribution in [0.2, 0.25) is 5.02 Å². The molecule has 1 rings (SSSR count). The highest BCUT2D eigenvalue weighted by atomic mass is 35.5. The molecule has 0 heterocycles. The number of aliphatic hydroxyl groups excluding tert-OH is 1. The summed E-state index contributed by atoms with van der Waals surface area (Å²) in [7, 11) is 0. The van der Waals surface area contributed by atoms with Crippen LogP contribution in [0.1, 0.15) is 18.5 Å². The predicted octanol–water partition coefficient (Wildman–Crippen LogP) is 2.03. The topological polar surface area (TPSA) is 69.6 Å². The maximum absolute atomic E-state index is 10.5. The number of hydrogen-bond donors (Lipinski definition) is 3. The minimum Gasteiger partial charge on any atom is -0.465 e. The summed E-state index contributed by atoms with van der Waals surface area (Å²) >= 11 is 5.90. The molecule has 1 aromatic rings. The van der Waals surface area contributed by atoms with Crippen molar-refractivity contribution in [2.24, 2.45) is 0 Å². The molecule has 0 aromatic heterocycles. The number of aliphatic hydroxyl groups is 1. The Morgan fingerprint density at radius 1 is 1.47 bits per heavy atom. The predicted molar refractivity (Wildman–Crippen MR) is 57.0 cm³/mol. The lowest BCUT2D eigenvalue weighted by atomic mass is 10.0. The van der Waals surface area contributed by atoms with E-state index >= 15 is 0 Å². The van der Waals surface area contributed by atoms with Gasteiger partial charge >= 0.3 is 6.09 Å². The molecule has 0 unspecified atom stereocenters. The number of carboxylic acid groups (broad SMARTS) is 1. The monoisotopic (exact) mass is 229 g/mol. The molecule has 1 aromatic carbocycles. The Bertz CT molecular complexity index is 354. The van der Waals surface area contributed by atoms with Crippen molar-refractivity contribution in [3.63, 3.8) is 0 Å². The minimum atomic E-state index is -1.19. The zero-order valence-electron chi connectivity index (χ0n) is 8.14. The first-order valence-electron chi connectivity index (χ1n) is 4.44. The van der Waals surface area contributed by atoms with Gasteiger partial charge in [0.25, 0.3) is 0 Å². The fourth-order valence-electron chi connectivity index (χ4n) is 1.32. The van der Waals surface area contributed by atoms with Gasteiger partial charge in [-0.2, -0.15) is 0 Å². The van der Waals surface area contributed by atoms with Gasteiger partial charge in [0.1, 0.15) is 0 Å². The average molecular weight is 230 g/mol. The summed E-state index contributed by atoms with van der Waals surface area (Å²) in [6, 6.07) is 6.09. The molecule has 0 aliphatic carbocycles. The van der Waals surface area contributed by atoms with E-state index < -0.39 is 18.2 Å². The zero-order valence-corrected chi connectivity index (χ0v) is 8.90. The van der Waals surface area contributed by atoms with E-state index in [2.05, 4.69) is 5.32 Å². The third kappa shape index (κ3) is 3.11. The third-order valence-electron chi connectivity index (χ3n) is 2.00. The van der Waals surface area contributed by atoms with Gasteiger partial charge in [0.05, 0.1) is 12.1 Å². The summed E-state index contributed by atoms with van der Waals surface area (Å²) in [4.78, 5) is 10.5. The number of amides is 1. The maximum atomic E-state index is 10.5. The van der Waals surface area contributed by atoms with E-state index in [-0.39, 0.29) is 0 Å². The molecule has 0 spiro atoms. The molecule has 0 bridgehead atoms. The van der Waals surface area contributed by atoms with E-state index in [0.717, 1.165) is 0 Å². The number of halogens is 1. The lowest BCUT2D eigenvalue weighted by molar-refractivity contribution is 0.133. The van der Waals surface area contributed by atoms with Crippen LogP contribution in [0, 0.1) is 0 Å². The van der Waals surface area contributed by atoms with Crippen LogP contribution < -0.4 is 5.32 Å². The molecule has 82 valence electrons. The first-order chi connectivity index (χ1) is 7.02. The van der Waals surface area contributed by atoms with E-state index in [1.165, 1.54) is 6.92 Å². The summed E-state index contributed by atoms with van der Waals surface area (Å²) in [5.41, 5.74) is 0.566. The van der Waals surface area contributed by atoms with Crippen LogP contribution in [0.3, 0.4) is 0 Å². The van der Waals surface area contributed by atoms with E-state index in [9.17, 15) is 9.90 Å². The molecule has 0 fully saturated rings. The van der Waals surface area contributed by atoms with Crippen molar-refractivity contribution < 1.29 is 15.0 Å². The number of nitrogens with one attached hydrogen (secondary N) is 1. The van der Waals surface area contributed by atoms with Crippen molar-refractivity contribution in [3.05, 3.63) is 34.9 Å². The molecule has 1 amide bonds. The maximum Gasteiger partial charge on any atom is 0.405 e. The van der Waals surface area contributed by atoms with Crippen LogP contribution in [0.5, 0.6) is 0 Å². The van der Waals surface area contributed by atoms with E-state index in [4.69, 9.17) is 16.7 Å². The third-order valence-corrected chi connectivity index (χ3v) is 2.35. The van der Waals surface area contributed by atoms with Crippen molar-refractivity contribution in [1.82, 2.24) is 5.32 Å². The van der Waals surface area contributed by atoms with Crippen LogP contribution >= 0.6 is 11.6 Å². The lowest BCUT2D eigenvalue weighted by Gasteiger charge is -2.21. The van der Waals surface area contributed by atoms with Gasteiger partial charge in [0, 0.05) is 5.02 Å². The lowest BCUT2D eigenvalue weighted by Crippen LogP contribution is -2.34. The summed E-state index contributed by atoms with van der Waals surface area (Å²) in [5.74, 6) is 0. The summed E-state index contributed by atoms with van der Waals surface area (Å²) < 4.78 is 0. The number of benzene rings is 1. The van der Waals surface area contributed by atoms with E-state index in [0.29, 0.717) is 10.6 Å². The van der Waals surface area contributed by atoms with Gasteiger partial charge in [-0.15, -0.1) is 0 Å². The SMILES string of the molecule is C[C@@H](O)[C@H](NC(=O)O)c1ccccc1Cl. The molecule has 0 saturated heterocycles. The molecule has 2 atom stereocenters. The van der Waals surface area contributed by atoms with Gasteiger partial charge in [-0.05, 0) is 18.6 Å². The summed E-state index contributed by atoms with van der Waals surface area (Å²) in [5, 5.41) is 20.7. The average Bonchev–Trinajstić information content (AvgIpc) is 2.15. The summed E-state index contributed by atoms with van der Waals surface area (Å²) in [6.45, 7) is 1.50. The van der Waals surface area contributed by atoms with Gasteiger partial charge < -0.3 is 15.5 Å². The van der Waals surface area contributed by atoms with Crippen molar-refractivity contribution in [3.8, 4) is 0 Å². The molecule has 0 aliphatic rings. The normalized spacial score (nSPS) is 14.3. The van der Waals surface area contributed by atoms with Gasteiger partial charge in [0.15, 0.2) is 0 Å². The highest BCUT2D eigenvalue weighted by molar-refractivity contribution is 6.31. The Balaban J connectivity index is 2.99. The van der Waals surface area contributed by atoms with Crippen molar-refractivity contribution in [2.75, 3.05) is 0 Å². The number of carbonyl (C=O) groups is 1. The van der Waals surface area contributed by atoms with Crippen molar-refractivity contribution >= 4 is 17.7 Å².